The summed E-state index contributed by atoms with van der Waals surface area (Å²) >= 11 is 0. The predicted octanol–water partition coefficient (Wildman–Crippen LogP) is 2.30. The Morgan fingerprint density at radius 3 is 2.59 bits per heavy atom. The molecule has 1 atom stereocenters. The Balaban J connectivity index is 2.14. The Labute approximate surface area is 132 Å². The Morgan fingerprint density at radius 1 is 1.41 bits per heavy atom. The van der Waals surface area contributed by atoms with E-state index in [0.29, 0.717) is 23.7 Å². The van der Waals surface area contributed by atoms with Gasteiger partial charge in [0.25, 0.3) is 5.91 Å². The second kappa shape index (κ2) is 6.65. The van der Waals surface area contributed by atoms with Crippen LogP contribution in [-0.4, -0.2) is 46.7 Å². The van der Waals surface area contributed by atoms with Gasteiger partial charge in [-0.15, -0.1) is 0 Å². The number of carbonyl (C=O) groups is 2. The molecule has 2 N–H and O–H groups in total. The number of aromatic amines is 1. The van der Waals surface area contributed by atoms with Crippen molar-refractivity contribution in [3.05, 3.63) is 22.5 Å². The molecule has 5 nitrogen and oxygen atoms in total. The molecule has 2 heterocycles. The Bertz CT molecular complexity index is 575. The molecule has 5 heteroatoms. The van der Waals surface area contributed by atoms with Crippen LogP contribution in [0, 0.1) is 6.92 Å². The van der Waals surface area contributed by atoms with E-state index in [1.807, 2.05) is 13.8 Å². The zero-order chi connectivity index (χ0) is 16.4. The smallest absolute Gasteiger partial charge is 0.268 e. The number of ketones is 1. The molecular weight excluding hydrogens is 278 g/mol. The van der Waals surface area contributed by atoms with Crippen molar-refractivity contribution in [1.29, 1.82) is 0 Å². The van der Waals surface area contributed by atoms with Crippen LogP contribution in [0.25, 0.3) is 0 Å². The molecule has 1 amide bonds. The maximum Gasteiger partial charge on any atom is 0.268 e. The van der Waals surface area contributed by atoms with Crippen LogP contribution >= 0.6 is 0 Å². The van der Waals surface area contributed by atoms with Crippen molar-refractivity contribution in [2.24, 2.45) is 0 Å². The number of amides is 1. The van der Waals surface area contributed by atoms with Crippen molar-refractivity contribution in [2.75, 3.05) is 13.1 Å². The molecular formula is C17H27N3O2. The van der Waals surface area contributed by atoms with Crippen molar-refractivity contribution in [3.8, 4) is 0 Å². The topological polar surface area (TPSA) is 65.2 Å². The molecule has 0 saturated carbocycles. The lowest BCUT2D eigenvalue weighted by atomic mass is 10.0. The molecule has 1 saturated heterocycles. The summed E-state index contributed by atoms with van der Waals surface area (Å²) in [5.74, 6) is -0.0837. The van der Waals surface area contributed by atoms with Gasteiger partial charge in [0, 0.05) is 36.4 Å². The number of likely N-dealkylation sites (tertiary alicyclic amines) is 1. The van der Waals surface area contributed by atoms with E-state index in [4.69, 9.17) is 0 Å². The summed E-state index contributed by atoms with van der Waals surface area (Å²) in [6, 6.07) is 0.689. The third-order valence-corrected chi connectivity index (χ3v) is 4.51. The van der Waals surface area contributed by atoms with Crippen LogP contribution < -0.4 is 5.32 Å². The summed E-state index contributed by atoms with van der Waals surface area (Å²) in [6.07, 6.45) is 1.65. The number of aryl methyl sites for hydroxylation is 1. The van der Waals surface area contributed by atoms with Crippen molar-refractivity contribution >= 4 is 11.7 Å². The Hall–Kier alpha value is -1.62. The van der Waals surface area contributed by atoms with Gasteiger partial charge in [0.05, 0.1) is 0 Å². The molecule has 1 aliphatic heterocycles. The minimum absolute atomic E-state index is 0.0106. The molecule has 0 aromatic carbocycles. The molecule has 22 heavy (non-hydrogen) atoms. The largest absolute Gasteiger partial charge is 0.354 e. The normalized spacial score (nSPS) is 18.9. The molecule has 0 bridgehead atoms. The minimum atomic E-state index is -0.0944. The number of carbonyl (C=O) groups excluding carboxylic acids is 2. The lowest BCUT2D eigenvalue weighted by Gasteiger charge is -2.20. The second-order valence-electron chi connectivity index (χ2n) is 6.44. The molecule has 0 spiro atoms. The van der Waals surface area contributed by atoms with Gasteiger partial charge in [-0.05, 0) is 46.1 Å². The summed E-state index contributed by atoms with van der Waals surface area (Å²) in [5, 5.41) is 3.11. The maximum atomic E-state index is 12.6. The van der Waals surface area contributed by atoms with Crippen molar-refractivity contribution < 1.29 is 9.59 Å². The zero-order valence-electron chi connectivity index (χ0n) is 14.2. The number of rotatable bonds is 5. The van der Waals surface area contributed by atoms with Gasteiger partial charge in [-0.1, -0.05) is 6.92 Å². The molecule has 122 valence electrons. The van der Waals surface area contributed by atoms with E-state index in [9.17, 15) is 9.59 Å². The molecule has 0 aliphatic carbocycles. The van der Waals surface area contributed by atoms with Crippen LogP contribution in [0.4, 0.5) is 0 Å². The monoisotopic (exact) mass is 305 g/mol. The highest BCUT2D eigenvalue weighted by molar-refractivity contribution is 6.02. The number of H-pyrrole nitrogens is 1. The summed E-state index contributed by atoms with van der Waals surface area (Å²) in [7, 11) is 0. The number of nitrogens with zero attached hydrogens (tertiary/aromatic N) is 1. The van der Waals surface area contributed by atoms with Crippen molar-refractivity contribution in [2.45, 2.75) is 59.5 Å². The first kappa shape index (κ1) is 16.7. The Kier molecular flexibility index (Phi) is 5.06. The van der Waals surface area contributed by atoms with Crippen LogP contribution in [0.2, 0.25) is 0 Å². The van der Waals surface area contributed by atoms with Gasteiger partial charge in [0.2, 0.25) is 0 Å². The minimum Gasteiger partial charge on any atom is -0.354 e. The van der Waals surface area contributed by atoms with Crippen LogP contribution in [-0.2, 0) is 6.42 Å². The van der Waals surface area contributed by atoms with Gasteiger partial charge in [-0.3, -0.25) is 14.5 Å². The fraction of sp³-hybridized carbons (Fsp3) is 0.647. The average molecular weight is 305 g/mol. The fourth-order valence-corrected chi connectivity index (χ4v) is 3.33. The van der Waals surface area contributed by atoms with E-state index in [1.165, 1.54) is 0 Å². The fourth-order valence-electron chi connectivity index (χ4n) is 3.33. The summed E-state index contributed by atoms with van der Waals surface area (Å²) < 4.78 is 0. The highest BCUT2D eigenvalue weighted by Crippen LogP contribution is 2.21. The molecule has 1 fully saturated rings. The average Bonchev–Trinajstić information content (AvgIpc) is 3.02. The summed E-state index contributed by atoms with van der Waals surface area (Å²) in [6.45, 7) is 11.6. The molecule has 2 rings (SSSR count). The van der Waals surface area contributed by atoms with Crippen LogP contribution in [0.15, 0.2) is 0 Å². The van der Waals surface area contributed by atoms with E-state index in [2.05, 4.69) is 29.0 Å². The lowest BCUT2D eigenvalue weighted by molar-refractivity contribution is 0.0931. The van der Waals surface area contributed by atoms with Crippen LogP contribution in [0.5, 0.6) is 0 Å². The quantitative estimate of drug-likeness (QED) is 0.820. The lowest BCUT2D eigenvalue weighted by Crippen LogP contribution is -2.39. The zero-order valence-corrected chi connectivity index (χ0v) is 14.2. The number of hydrogen-bond acceptors (Lipinski definition) is 3. The second-order valence-corrected chi connectivity index (χ2v) is 6.44. The van der Waals surface area contributed by atoms with E-state index >= 15 is 0 Å². The number of hydrogen-bond donors (Lipinski definition) is 2. The standard InChI is InChI=1S/C17H27N3O2/c1-6-14-15(12(5)21)11(4)18-16(14)17(22)19-13-7-8-20(9-13)10(2)3/h10,13,18H,6-9H2,1-5H3,(H,19,22)/t13-/m1/s1. The maximum absolute atomic E-state index is 12.6. The van der Waals surface area contributed by atoms with Gasteiger partial charge >= 0.3 is 0 Å². The molecule has 1 aromatic rings. The number of Topliss-reactive ketones (excluding diaryl/α,β-unsaturated/α-hetero) is 1. The van der Waals surface area contributed by atoms with Gasteiger partial charge in [-0.25, -0.2) is 0 Å². The van der Waals surface area contributed by atoms with Gasteiger partial charge in [0.15, 0.2) is 5.78 Å². The third kappa shape index (κ3) is 3.24. The molecule has 1 aliphatic rings. The first-order valence-electron chi connectivity index (χ1n) is 8.12. The van der Waals surface area contributed by atoms with E-state index in [0.717, 1.165) is 30.8 Å². The van der Waals surface area contributed by atoms with E-state index in [-0.39, 0.29) is 17.7 Å². The van der Waals surface area contributed by atoms with Gasteiger partial charge in [-0.2, -0.15) is 0 Å². The van der Waals surface area contributed by atoms with Crippen molar-refractivity contribution in [3.63, 3.8) is 0 Å². The van der Waals surface area contributed by atoms with Gasteiger partial charge < -0.3 is 10.3 Å². The predicted molar refractivity (Wildman–Crippen MR) is 87.5 cm³/mol. The van der Waals surface area contributed by atoms with Gasteiger partial charge in [0.1, 0.15) is 5.69 Å². The SMILES string of the molecule is CCc1c(C(=O)N[C@@H]2CCN(C(C)C)C2)[nH]c(C)c1C(C)=O. The van der Waals surface area contributed by atoms with Crippen LogP contribution in [0.1, 0.15) is 66.2 Å². The molecule has 0 unspecified atom stereocenters. The first-order valence-corrected chi connectivity index (χ1v) is 8.12. The summed E-state index contributed by atoms with van der Waals surface area (Å²) in [5.41, 5.74) is 2.84. The van der Waals surface area contributed by atoms with E-state index < -0.39 is 0 Å². The van der Waals surface area contributed by atoms with Crippen LogP contribution in [0.3, 0.4) is 0 Å². The third-order valence-electron chi connectivity index (χ3n) is 4.51. The number of aromatic nitrogens is 1. The molecule has 1 aromatic heterocycles. The number of nitrogens with one attached hydrogen (secondary N) is 2. The Morgan fingerprint density at radius 2 is 2.09 bits per heavy atom. The highest BCUT2D eigenvalue weighted by atomic mass is 16.2. The highest BCUT2D eigenvalue weighted by Gasteiger charge is 2.28. The van der Waals surface area contributed by atoms with E-state index in [1.54, 1.807) is 6.92 Å². The molecule has 0 radical (unpaired) electrons. The first-order chi connectivity index (χ1) is 10.3. The summed E-state index contributed by atoms with van der Waals surface area (Å²) in [4.78, 5) is 29.8. The van der Waals surface area contributed by atoms with Crippen molar-refractivity contribution in [1.82, 2.24) is 15.2 Å².